The summed E-state index contributed by atoms with van der Waals surface area (Å²) in [6.07, 6.45) is 2.59. The first-order valence-electron chi connectivity index (χ1n) is 7.86. The summed E-state index contributed by atoms with van der Waals surface area (Å²) in [4.78, 5) is 20.4. The molecule has 1 aromatic heterocycles. The molecule has 0 saturated heterocycles. The molecule has 0 bridgehead atoms. The summed E-state index contributed by atoms with van der Waals surface area (Å²) in [6, 6.07) is 8.77. The molecule has 1 heterocycles. The molecular formula is C19H16F2N4O. The van der Waals surface area contributed by atoms with Gasteiger partial charge in [0, 0.05) is 11.8 Å². The van der Waals surface area contributed by atoms with Crippen LogP contribution in [0.4, 0.5) is 26.0 Å². The molecule has 0 radical (unpaired) electrons. The summed E-state index contributed by atoms with van der Waals surface area (Å²) in [6.45, 7) is 3.88. The van der Waals surface area contributed by atoms with Gasteiger partial charge < -0.3 is 10.6 Å². The number of benzene rings is 2. The Balaban J connectivity index is 1.72. The number of hydrogen-bond acceptors (Lipinski definition) is 4. The second kappa shape index (κ2) is 7.26. The minimum atomic E-state index is -0.747. The second-order valence-corrected chi connectivity index (χ2v) is 5.74. The largest absolute Gasteiger partial charge is 0.337 e. The minimum absolute atomic E-state index is 0.0632. The SMILES string of the molecule is Cc1cccc(NC(=O)c2cnc(Nc3ccc(F)cc3F)cn2)c1C. The van der Waals surface area contributed by atoms with E-state index < -0.39 is 17.5 Å². The van der Waals surface area contributed by atoms with E-state index in [1.54, 1.807) is 6.07 Å². The lowest BCUT2D eigenvalue weighted by atomic mass is 10.1. The monoisotopic (exact) mass is 354 g/mol. The van der Waals surface area contributed by atoms with Crippen molar-refractivity contribution >= 4 is 23.1 Å². The first-order chi connectivity index (χ1) is 12.4. The summed E-state index contributed by atoms with van der Waals surface area (Å²) in [5.74, 6) is -1.58. The van der Waals surface area contributed by atoms with Gasteiger partial charge in [-0.1, -0.05) is 12.1 Å². The first kappa shape index (κ1) is 17.5. The average molecular weight is 354 g/mol. The van der Waals surface area contributed by atoms with Crippen LogP contribution in [0.2, 0.25) is 0 Å². The second-order valence-electron chi connectivity index (χ2n) is 5.74. The molecule has 7 heteroatoms. The lowest BCUT2D eigenvalue weighted by Gasteiger charge is -2.10. The van der Waals surface area contributed by atoms with Crippen LogP contribution in [-0.4, -0.2) is 15.9 Å². The Morgan fingerprint density at radius 2 is 1.81 bits per heavy atom. The highest BCUT2D eigenvalue weighted by molar-refractivity contribution is 6.03. The molecule has 2 N–H and O–H groups in total. The number of nitrogens with zero attached hydrogens (tertiary/aromatic N) is 2. The van der Waals surface area contributed by atoms with E-state index >= 15 is 0 Å². The van der Waals surface area contributed by atoms with E-state index in [1.807, 2.05) is 26.0 Å². The maximum Gasteiger partial charge on any atom is 0.275 e. The van der Waals surface area contributed by atoms with E-state index in [-0.39, 0.29) is 17.2 Å². The van der Waals surface area contributed by atoms with Crippen molar-refractivity contribution in [2.24, 2.45) is 0 Å². The van der Waals surface area contributed by atoms with Crippen LogP contribution in [0.1, 0.15) is 21.6 Å². The standard InChI is InChI=1S/C19H16F2N4O/c1-11-4-3-5-15(12(11)2)25-19(26)17-9-23-18(10-22-17)24-16-7-6-13(20)8-14(16)21/h3-10H,1-2H3,(H,23,24)(H,25,26). The highest BCUT2D eigenvalue weighted by Gasteiger charge is 2.11. The van der Waals surface area contributed by atoms with E-state index in [2.05, 4.69) is 20.6 Å². The van der Waals surface area contributed by atoms with E-state index in [0.29, 0.717) is 5.69 Å². The lowest BCUT2D eigenvalue weighted by molar-refractivity contribution is 0.102. The van der Waals surface area contributed by atoms with Crippen molar-refractivity contribution in [2.75, 3.05) is 10.6 Å². The van der Waals surface area contributed by atoms with Gasteiger partial charge in [-0.3, -0.25) is 4.79 Å². The summed E-state index contributed by atoms with van der Waals surface area (Å²) in [5.41, 5.74) is 2.92. The van der Waals surface area contributed by atoms with Crippen LogP contribution in [-0.2, 0) is 0 Å². The molecule has 132 valence electrons. The van der Waals surface area contributed by atoms with Gasteiger partial charge in [-0.25, -0.2) is 18.7 Å². The van der Waals surface area contributed by atoms with E-state index in [4.69, 9.17) is 0 Å². The zero-order chi connectivity index (χ0) is 18.7. The fourth-order valence-corrected chi connectivity index (χ4v) is 2.31. The molecule has 2 aromatic carbocycles. The van der Waals surface area contributed by atoms with E-state index in [1.165, 1.54) is 18.5 Å². The Kier molecular flexibility index (Phi) is 4.88. The number of carbonyl (C=O) groups excluding carboxylic acids is 1. The van der Waals surface area contributed by atoms with Gasteiger partial charge in [-0.05, 0) is 43.2 Å². The van der Waals surface area contributed by atoms with Crippen molar-refractivity contribution in [2.45, 2.75) is 13.8 Å². The van der Waals surface area contributed by atoms with Gasteiger partial charge in [0.2, 0.25) is 0 Å². The van der Waals surface area contributed by atoms with Gasteiger partial charge >= 0.3 is 0 Å². The first-order valence-corrected chi connectivity index (χ1v) is 7.86. The molecular weight excluding hydrogens is 338 g/mol. The predicted molar refractivity (Wildman–Crippen MR) is 95.5 cm³/mol. The van der Waals surface area contributed by atoms with Crippen LogP contribution in [0, 0.1) is 25.5 Å². The quantitative estimate of drug-likeness (QED) is 0.730. The molecule has 0 saturated carbocycles. The highest BCUT2D eigenvalue weighted by atomic mass is 19.1. The van der Waals surface area contributed by atoms with Crippen molar-refractivity contribution in [3.8, 4) is 0 Å². The van der Waals surface area contributed by atoms with Crippen LogP contribution >= 0.6 is 0 Å². The van der Waals surface area contributed by atoms with Crippen LogP contribution < -0.4 is 10.6 Å². The molecule has 5 nitrogen and oxygen atoms in total. The van der Waals surface area contributed by atoms with Gasteiger partial charge in [0.05, 0.1) is 18.1 Å². The number of aromatic nitrogens is 2. The van der Waals surface area contributed by atoms with Gasteiger partial charge in [0.15, 0.2) is 0 Å². The Morgan fingerprint density at radius 3 is 2.50 bits per heavy atom. The number of nitrogens with one attached hydrogen (secondary N) is 2. The fraction of sp³-hybridized carbons (Fsp3) is 0.105. The zero-order valence-corrected chi connectivity index (χ0v) is 14.2. The molecule has 26 heavy (non-hydrogen) atoms. The maximum absolute atomic E-state index is 13.6. The number of carbonyl (C=O) groups is 1. The summed E-state index contributed by atoms with van der Waals surface area (Å²) in [7, 11) is 0. The third-order valence-corrected chi connectivity index (χ3v) is 3.93. The van der Waals surface area contributed by atoms with Gasteiger partial charge in [-0.2, -0.15) is 0 Å². The van der Waals surface area contributed by atoms with Crippen LogP contribution in [0.3, 0.4) is 0 Å². The number of aryl methyl sites for hydroxylation is 1. The van der Waals surface area contributed by atoms with Crippen molar-refractivity contribution in [1.29, 1.82) is 0 Å². The molecule has 0 aliphatic rings. The van der Waals surface area contributed by atoms with Crippen LogP contribution in [0.5, 0.6) is 0 Å². The fourth-order valence-electron chi connectivity index (χ4n) is 2.31. The van der Waals surface area contributed by atoms with Crippen molar-refractivity contribution < 1.29 is 13.6 Å². The molecule has 1 amide bonds. The lowest BCUT2D eigenvalue weighted by Crippen LogP contribution is -2.15. The van der Waals surface area contributed by atoms with Crippen molar-refractivity contribution in [3.63, 3.8) is 0 Å². The molecule has 3 rings (SSSR count). The molecule has 0 atom stereocenters. The maximum atomic E-state index is 13.6. The Morgan fingerprint density at radius 1 is 1.00 bits per heavy atom. The molecule has 0 unspecified atom stereocenters. The summed E-state index contributed by atoms with van der Waals surface area (Å²) >= 11 is 0. The number of hydrogen-bond donors (Lipinski definition) is 2. The zero-order valence-electron chi connectivity index (χ0n) is 14.2. The van der Waals surface area contributed by atoms with Crippen molar-refractivity contribution in [3.05, 3.63) is 77.2 Å². The molecule has 0 fully saturated rings. The molecule has 0 aliphatic heterocycles. The van der Waals surface area contributed by atoms with Gasteiger partial charge in [0.25, 0.3) is 5.91 Å². The summed E-state index contributed by atoms with van der Waals surface area (Å²) < 4.78 is 26.6. The highest BCUT2D eigenvalue weighted by Crippen LogP contribution is 2.20. The van der Waals surface area contributed by atoms with Crippen LogP contribution in [0.15, 0.2) is 48.8 Å². The third-order valence-electron chi connectivity index (χ3n) is 3.93. The predicted octanol–water partition coefficient (Wildman–Crippen LogP) is 4.37. The normalized spacial score (nSPS) is 10.5. The molecule has 0 aliphatic carbocycles. The van der Waals surface area contributed by atoms with E-state index in [9.17, 15) is 13.6 Å². The Bertz CT molecular complexity index is 958. The number of anilines is 3. The van der Waals surface area contributed by atoms with Crippen molar-refractivity contribution in [1.82, 2.24) is 9.97 Å². The number of halogens is 2. The molecule has 0 spiro atoms. The Hall–Kier alpha value is -3.35. The topological polar surface area (TPSA) is 66.9 Å². The summed E-state index contributed by atoms with van der Waals surface area (Å²) in [5, 5.41) is 5.47. The average Bonchev–Trinajstić information content (AvgIpc) is 2.62. The Labute approximate surface area is 149 Å². The number of rotatable bonds is 4. The smallest absolute Gasteiger partial charge is 0.275 e. The minimum Gasteiger partial charge on any atom is -0.337 e. The third kappa shape index (κ3) is 3.83. The molecule has 3 aromatic rings. The van der Waals surface area contributed by atoms with Gasteiger partial charge in [-0.15, -0.1) is 0 Å². The number of amides is 1. The van der Waals surface area contributed by atoms with E-state index in [0.717, 1.165) is 23.3 Å². The van der Waals surface area contributed by atoms with Gasteiger partial charge in [0.1, 0.15) is 23.1 Å². The van der Waals surface area contributed by atoms with Crippen LogP contribution in [0.25, 0.3) is 0 Å².